The first-order chi connectivity index (χ1) is 16.1. The predicted molar refractivity (Wildman–Crippen MR) is 125 cm³/mol. The van der Waals surface area contributed by atoms with E-state index >= 15 is 0 Å². The Bertz CT molecular complexity index is 1130. The van der Waals surface area contributed by atoms with E-state index in [1.165, 1.54) is 0 Å². The molecule has 2 amide bonds. The molecular formula is C25H27N5O3. The number of benzene rings is 1. The van der Waals surface area contributed by atoms with Crippen molar-refractivity contribution in [3.63, 3.8) is 0 Å². The first kappa shape index (κ1) is 22.3. The zero-order valence-corrected chi connectivity index (χ0v) is 18.5. The number of para-hydroxylation sites is 1. The van der Waals surface area contributed by atoms with E-state index in [1.54, 1.807) is 31.5 Å². The Labute approximate surface area is 192 Å². The smallest absolute Gasteiger partial charge is 0.272 e. The number of likely N-dealkylation sites (tertiary alicyclic amines) is 1. The SMILES string of the molecule is COc1ccccc1CNC(=O)c1ccc(C2CCN(C(=O)c3ccccn3)CC2)nc1N. The van der Waals surface area contributed by atoms with E-state index in [0.717, 1.165) is 24.1 Å². The molecule has 4 rings (SSSR count). The monoisotopic (exact) mass is 445 g/mol. The van der Waals surface area contributed by atoms with Crippen LogP contribution >= 0.6 is 0 Å². The van der Waals surface area contributed by atoms with Crippen molar-refractivity contribution in [2.75, 3.05) is 25.9 Å². The van der Waals surface area contributed by atoms with Gasteiger partial charge in [0.15, 0.2) is 0 Å². The third-order valence-electron chi connectivity index (χ3n) is 5.91. The Morgan fingerprint density at radius 3 is 2.55 bits per heavy atom. The molecule has 0 unspecified atom stereocenters. The van der Waals surface area contributed by atoms with Crippen molar-refractivity contribution in [3.8, 4) is 5.75 Å². The van der Waals surface area contributed by atoms with Crippen LogP contribution in [-0.4, -0.2) is 46.9 Å². The number of rotatable bonds is 6. The van der Waals surface area contributed by atoms with E-state index in [-0.39, 0.29) is 23.6 Å². The van der Waals surface area contributed by atoms with E-state index < -0.39 is 0 Å². The van der Waals surface area contributed by atoms with Crippen LogP contribution in [0, 0.1) is 0 Å². The standard InChI is InChI=1S/C25H27N5O3/c1-33-22-8-3-2-6-18(22)16-28-24(31)19-9-10-20(29-23(19)26)17-11-14-30(15-12-17)25(32)21-7-4-5-13-27-21/h2-10,13,17H,11-12,14-16H2,1H3,(H2,26,29)(H,28,31). The van der Waals surface area contributed by atoms with Crippen molar-refractivity contribution in [2.24, 2.45) is 0 Å². The van der Waals surface area contributed by atoms with E-state index in [1.807, 2.05) is 41.3 Å². The number of pyridine rings is 2. The fourth-order valence-electron chi connectivity index (χ4n) is 4.06. The van der Waals surface area contributed by atoms with Gasteiger partial charge in [-0.1, -0.05) is 24.3 Å². The number of nitrogens with two attached hydrogens (primary N) is 1. The van der Waals surface area contributed by atoms with Gasteiger partial charge in [-0.25, -0.2) is 4.98 Å². The molecule has 3 aromatic rings. The molecule has 2 aromatic heterocycles. The minimum atomic E-state index is -0.284. The van der Waals surface area contributed by atoms with Crippen LogP contribution in [0.15, 0.2) is 60.8 Å². The van der Waals surface area contributed by atoms with Gasteiger partial charge in [-0.05, 0) is 43.2 Å². The molecule has 170 valence electrons. The average Bonchev–Trinajstić information content (AvgIpc) is 2.87. The molecule has 0 saturated carbocycles. The van der Waals surface area contributed by atoms with Crippen LogP contribution in [0.1, 0.15) is 50.9 Å². The van der Waals surface area contributed by atoms with Crippen LogP contribution in [0.4, 0.5) is 5.82 Å². The molecule has 1 aliphatic rings. The Morgan fingerprint density at radius 2 is 1.85 bits per heavy atom. The van der Waals surface area contributed by atoms with Crippen LogP contribution in [-0.2, 0) is 6.54 Å². The van der Waals surface area contributed by atoms with Gasteiger partial charge in [0.2, 0.25) is 0 Å². The number of piperidine rings is 1. The Balaban J connectivity index is 1.36. The Morgan fingerprint density at radius 1 is 1.09 bits per heavy atom. The lowest BCUT2D eigenvalue weighted by molar-refractivity contribution is 0.0705. The lowest BCUT2D eigenvalue weighted by Gasteiger charge is -2.31. The summed E-state index contributed by atoms with van der Waals surface area (Å²) in [4.78, 5) is 35.7. The molecular weight excluding hydrogens is 418 g/mol. The van der Waals surface area contributed by atoms with Crippen LogP contribution in [0.3, 0.4) is 0 Å². The summed E-state index contributed by atoms with van der Waals surface area (Å²) < 4.78 is 5.32. The van der Waals surface area contributed by atoms with Crippen molar-refractivity contribution in [2.45, 2.75) is 25.3 Å². The number of aromatic nitrogens is 2. The number of ether oxygens (including phenoxy) is 1. The van der Waals surface area contributed by atoms with Crippen molar-refractivity contribution < 1.29 is 14.3 Å². The number of carbonyl (C=O) groups excluding carboxylic acids is 2. The van der Waals surface area contributed by atoms with Crippen molar-refractivity contribution in [1.29, 1.82) is 0 Å². The summed E-state index contributed by atoms with van der Waals surface area (Å²) in [6, 6.07) is 16.4. The quantitative estimate of drug-likeness (QED) is 0.603. The maximum Gasteiger partial charge on any atom is 0.272 e. The van der Waals surface area contributed by atoms with Gasteiger partial charge in [-0.3, -0.25) is 14.6 Å². The molecule has 0 radical (unpaired) electrons. The second kappa shape index (κ2) is 10.1. The molecule has 0 bridgehead atoms. The van der Waals surface area contributed by atoms with Gasteiger partial charge in [0.1, 0.15) is 17.3 Å². The second-order valence-electron chi connectivity index (χ2n) is 7.94. The minimum Gasteiger partial charge on any atom is -0.496 e. The second-order valence-corrected chi connectivity index (χ2v) is 7.94. The zero-order valence-electron chi connectivity index (χ0n) is 18.5. The largest absolute Gasteiger partial charge is 0.496 e. The molecule has 1 fully saturated rings. The molecule has 1 saturated heterocycles. The highest BCUT2D eigenvalue weighted by Crippen LogP contribution is 2.28. The van der Waals surface area contributed by atoms with Gasteiger partial charge < -0.3 is 20.7 Å². The van der Waals surface area contributed by atoms with Gasteiger partial charge in [-0.15, -0.1) is 0 Å². The number of nitrogen functional groups attached to an aromatic ring is 1. The minimum absolute atomic E-state index is 0.0522. The summed E-state index contributed by atoms with van der Waals surface area (Å²) in [5.74, 6) is 0.770. The Hall–Kier alpha value is -3.94. The van der Waals surface area contributed by atoms with Gasteiger partial charge >= 0.3 is 0 Å². The van der Waals surface area contributed by atoms with Gasteiger partial charge in [0.05, 0.1) is 12.7 Å². The number of anilines is 1. The normalized spacial score (nSPS) is 14.0. The summed E-state index contributed by atoms with van der Waals surface area (Å²) >= 11 is 0. The van der Waals surface area contributed by atoms with E-state index in [9.17, 15) is 9.59 Å². The first-order valence-electron chi connectivity index (χ1n) is 10.9. The number of methoxy groups -OCH3 is 1. The first-order valence-corrected chi connectivity index (χ1v) is 10.9. The molecule has 8 heteroatoms. The fraction of sp³-hybridized carbons (Fsp3) is 0.280. The number of amides is 2. The van der Waals surface area contributed by atoms with Crippen molar-refractivity contribution in [3.05, 3.63) is 83.3 Å². The molecule has 1 aliphatic heterocycles. The third kappa shape index (κ3) is 5.11. The molecule has 1 aromatic carbocycles. The summed E-state index contributed by atoms with van der Waals surface area (Å²) in [7, 11) is 1.60. The number of carbonyl (C=O) groups is 2. The van der Waals surface area contributed by atoms with E-state index in [4.69, 9.17) is 10.5 Å². The van der Waals surface area contributed by atoms with Crippen LogP contribution in [0.25, 0.3) is 0 Å². The topological polar surface area (TPSA) is 110 Å². The maximum absolute atomic E-state index is 12.7. The van der Waals surface area contributed by atoms with Gasteiger partial charge in [0.25, 0.3) is 11.8 Å². The fourth-order valence-corrected chi connectivity index (χ4v) is 4.06. The summed E-state index contributed by atoms with van der Waals surface area (Å²) in [6.45, 7) is 1.58. The van der Waals surface area contributed by atoms with Crippen molar-refractivity contribution in [1.82, 2.24) is 20.2 Å². The van der Waals surface area contributed by atoms with Crippen LogP contribution in [0.2, 0.25) is 0 Å². The molecule has 3 N–H and O–H groups in total. The molecule has 0 spiro atoms. The lowest BCUT2D eigenvalue weighted by Crippen LogP contribution is -2.38. The van der Waals surface area contributed by atoms with Crippen molar-refractivity contribution >= 4 is 17.6 Å². The maximum atomic E-state index is 12.7. The number of hydrogen-bond donors (Lipinski definition) is 2. The summed E-state index contributed by atoms with van der Waals surface area (Å²) in [6.07, 6.45) is 3.19. The molecule has 33 heavy (non-hydrogen) atoms. The lowest BCUT2D eigenvalue weighted by atomic mass is 9.92. The number of hydrogen-bond acceptors (Lipinski definition) is 6. The number of nitrogens with one attached hydrogen (secondary N) is 1. The molecule has 0 aliphatic carbocycles. The van der Waals surface area contributed by atoms with Crippen LogP contribution < -0.4 is 15.8 Å². The van der Waals surface area contributed by atoms with Gasteiger partial charge in [0, 0.05) is 43.0 Å². The zero-order chi connectivity index (χ0) is 23.2. The average molecular weight is 446 g/mol. The molecule has 3 heterocycles. The highest BCUT2D eigenvalue weighted by atomic mass is 16.5. The van der Waals surface area contributed by atoms with E-state index in [0.29, 0.717) is 36.6 Å². The third-order valence-corrected chi connectivity index (χ3v) is 5.91. The Kier molecular flexibility index (Phi) is 6.83. The molecule has 0 atom stereocenters. The number of nitrogens with zero attached hydrogens (tertiary/aromatic N) is 3. The summed E-state index contributed by atoms with van der Waals surface area (Å²) in [5.41, 5.74) is 8.66. The van der Waals surface area contributed by atoms with Gasteiger partial charge in [-0.2, -0.15) is 0 Å². The summed E-state index contributed by atoms with van der Waals surface area (Å²) in [5, 5.41) is 2.87. The van der Waals surface area contributed by atoms with Crippen LogP contribution in [0.5, 0.6) is 5.75 Å². The predicted octanol–water partition coefficient (Wildman–Crippen LogP) is 3.02. The molecule has 8 nitrogen and oxygen atoms in total. The highest BCUT2D eigenvalue weighted by molar-refractivity contribution is 5.98. The highest BCUT2D eigenvalue weighted by Gasteiger charge is 2.26. The van der Waals surface area contributed by atoms with E-state index in [2.05, 4.69) is 15.3 Å².